The molecule has 0 aromatic heterocycles. The first-order valence-corrected chi connectivity index (χ1v) is 10.2. The third-order valence-electron chi connectivity index (χ3n) is 5.30. The van der Waals surface area contributed by atoms with Crippen LogP contribution in [-0.4, -0.2) is 0 Å². The Morgan fingerprint density at radius 1 is 0.677 bits per heavy atom. The van der Waals surface area contributed by atoms with E-state index in [1.807, 2.05) is 42.5 Å². The number of hydrogen-bond acceptors (Lipinski definition) is 0. The fraction of sp³-hybridized carbons (Fsp3) is 0. The predicted molar refractivity (Wildman–Crippen MR) is 129 cm³/mol. The Balaban J connectivity index is 0.000000342. The van der Waals surface area contributed by atoms with Crippen LogP contribution in [0.1, 0.15) is 5.56 Å². The second kappa shape index (κ2) is 9.57. The van der Waals surface area contributed by atoms with Gasteiger partial charge in [-0.3, -0.25) is 0 Å². The summed E-state index contributed by atoms with van der Waals surface area (Å²) in [6.07, 6.45) is 12.6. The molecule has 0 radical (unpaired) electrons. The number of fused-ring (bicyclic) bond motifs is 2. The molecule has 0 saturated heterocycles. The van der Waals surface area contributed by atoms with Crippen molar-refractivity contribution in [2.45, 2.75) is 0 Å². The maximum absolute atomic E-state index is 4.81. The van der Waals surface area contributed by atoms with Gasteiger partial charge in [0.2, 0.25) is 0 Å². The van der Waals surface area contributed by atoms with Gasteiger partial charge in [0.1, 0.15) is 0 Å². The van der Waals surface area contributed by atoms with E-state index in [-0.39, 0.29) is 17.1 Å². The smallest absolute Gasteiger partial charge is 0.657 e. The Hall–Kier alpha value is -3.45. The summed E-state index contributed by atoms with van der Waals surface area (Å²) in [6, 6.07) is 31.5. The first-order chi connectivity index (χ1) is 14.9. The van der Waals surface area contributed by atoms with Crippen molar-refractivity contribution in [2.75, 3.05) is 0 Å². The monoisotopic (exact) mass is 439 g/mol. The normalized spacial score (nSPS) is 13.3. The van der Waals surface area contributed by atoms with E-state index in [1.165, 1.54) is 33.0 Å². The quantitative estimate of drug-likeness (QED) is 0.209. The van der Waals surface area contributed by atoms with Gasteiger partial charge >= 0.3 is 17.1 Å². The van der Waals surface area contributed by atoms with Gasteiger partial charge in [-0.25, -0.2) is 12.1 Å². The number of benzene rings is 3. The van der Waals surface area contributed by atoms with Crippen molar-refractivity contribution in [3.05, 3.63) is 144 Å². The molecule has 0 saturated carbocycles. The number of allylic oxidation sites excluding steroid dienone is 6. The Morgan fingerprint density at radius 3 is 2.23 bits per heavy atom. The fourth-order valence-corrected chi connectivity index (χ4v) is 3.80. The molecule has 6 rings (SSSR count). The third-order valence-corrected chi connectivity index (χ3v) is 5.30. The summed E-state index contributed by atoms with van der Waals surface area (Å²) in [6.45, 7) is 0. The van der Waals surface area contributed by atoms with Crippen LogP contribution < -0.4 is 0 Å². The number of hydrogen-bond donors (Lipinski definition) is 0. The second-order valence-electron chi connectivity index (χ2n) is 7.27. The Labute approximate surface area is 194 Å². The van der Waals surface area contributed by atoms with E-state index in [0.717, 1.165) is 11.4 Å². The number of rotatable bonds is 1. The standard InChI is InChI=1S/C24H16N.C5H5.Fe/c1-2-8-18(7-1)23-15-13-20-16-19(12-14-24(20)25-23)22-11-5-9-17-6-3-4-10-21(17)22;1-2-4-5-3-1;/h1-16H;1-5H;/q2*-1;+2. The zero-order valence-electron chi connectivity index (χ0n) is 16.9. The van der Waals surface area contributed by atoms with E-state index >= 15 is 0 Å². The van der Waals surface area contributed by atoms with Crippen molar-refractivity contribution in [1.82, 2.24) is 0 Å². The minimum absolute atomic E-state index is 0. The van der Waals surface area contributed by atoms with Crippen LogP contribution >= 0.6 is 0 Å². The molecule has 1 heterocycles. The SMILES string of the molecule is C1=CC(=C2C=Cc3cc(-c4cccc5ccccc45)ccc3[N-]2)C=C1.[Fe+2].c1cc[cH-]c1. The molecule has 0 atom stereocenters. The summed E-state index contributed by atoms with van der Waals surface area (Å²) in [5.41, 5.74) is 6.88. The van der Waals surface area contributed by atoms with Crippen LogP contribution in [0.25, 0.3) is 33.3 Å². The summed E-state index contributed by atoms with van der Waals surface area (Å²) in [5, 5.41) is 7.37. The van der Waals surface area contributed by atoms with Crippen LogP contribution in [-0.2, 0) is 17.1 Å². The van der Waals surface area contributed by atoms with E-state index in [1.54, 1.807) is 0 Å². The first kappa shape index (κ1) is 20.8. The molecule has 0 N–H and O–H groups in total. The molecule has 1 nitrogen and oxygen atoms in total. The topological polar surface area (TPSA) is 14.1 Å². The van der Waals surface area contributed by atoms with Crippen molar-refractivity contribution in [3.8, 4) is 11.1 Å². The van der Waals surface area contributed by atoms with Crippen molar-refractivity contribution >= 4 is 22.5 Å². The molecule has 150 valence electrons. The molecule has 2 heteroatoms. The van der Waals surface area contributed by atoms with Gasteiger partial charge in [0, 0.05) is 0 Å². The van der Waals surface area contributed by atoms with Crippen LogP contribution in [0.4, 0.5) is 5.69 Å². The second-order valence-corrected chi connectivity index (χ2v) is 7.27. The third kappa shape index (κ3) is 4.51. The van der Waals surface area contributed by atoms with Gasteiger partial charge in [-0.15, -0.1) is 11.4 Å². The van der Waals surface area contributed by atoms with Gasteiger partial charge < -0.3 is 5.32 Å². The van der Waals surface area contributed by atoms with E-state index in [0.29, 0.717) is 0 Å². The summed E-state index contributed by atoms with van der Waals surface area (Å²) < 4.78 is 0. The van der Waals surface area contributed by atoms with Crippen molar-refractivity contribution in [2.24, 2.45) is 0 Å². The summed E-state index contributed by atoms with van der Waals surface area (Å²) in [7, 11) is 0. The summed E-state index contributed by atoms with van der Waals surface area (Å²) >= 11 is 0. The fourth-order valence-electron chi connectivity index (χ4n) is 3.80. The molecule has 0 spiro atoms. The van der Waals surface area contributed by atoms with Gasteiger partial charge in [-0.2, -0.15) is 18.2 Å². The maximum atomic E-state index is 4.81. The van der Waals surface area contributed by atoms with Gasteiger partial charge in [0.15, 0.2) is 0 Å². The van der Waals surface area contributed by atoms with Crippen molar-refractivity contribution in [3.63, 3.8) is 0 Å². The predicted octanol–water partition coefficient (Wildman–Crippen LogP) is 8.32. The molecule has 2 aliphatic rings. The molecular weight excluding hydrogens is 418 g/mol. The van der Waals surface area contributed by atoms with Crippen LogP contribution in [0.5, 0.6) is 0 Å². The Bertz CT molecular complexity index is 1270. The average Bonchev–Trinajstić information content (AvgIpc) is 3.55. The van der Waals surface area contributed by atoms with E-state index in [9.17, 15) is 0 Å². The molecule has 31 heavy (non-hydrogen) atoms. The summed E-state index contributed by atoms with van der Waals surface area (Å²) in [5.74, 6) is 0. The first-order valence-electron chi connectivity index (χ1n) is 10.2. The van der Waals surface area contributed by atoms with Crippen LogP contribution in [0, 0.1) is 0 Å². The molecule has 0 amide bonds. The van der Waals surface area contributed by atoms with Gasteiger partial charge in [-0.1, -0.05) is 91.1 Å². The Kier molecular flexibility index (Phi) is 6.43. The molecule has 4 aromatic rings. The van der Waals surface area contributed by atoms with E-state index < -0.39 is 0 Å². The molecule has 1 aliphatic carbocycles. The minimum atomic E-state index is 0. The Morgan fingerprint density at radius 2 is 1.45 bits per heavy atom. The van der Waals surface area contributed by atoms with Crippen LogP contribution in [0.3, 0.4) is 0 Å². The van der Waals surface area contributed by atoms with Crippen molar-refractivity contribution < 1.29 is 17.1 Å². The van der Waals surface area contributed by atoms with Crippen LogP contribution in [0.2, 0.25) is 0 Å². The largest absolute Gasteiger partial charge is 2.00 e. The average molecular weight is 439 g/mol. The molecule has 0 fully saturated rings. The molecule has 4 aromatic carbocycles. The molecule has 0 bridgehead atoms. The van der Waals surface area contributed by atoms with Gasteiger partial charge in [0.25, 0.3) is 0 Å². The molecule has 1 aliphatic heterocycles. The summed E-state index contributed by atoms with van der Waals surface area (Å²) in [4.78, 5) is 0. The van der Waals surface area contributed by atoms with E-state index in [2.05, 4.69) is 85.0 Å². The van der Waals surface area contributed by atoms with Crippen LogP contribution in [0.15, 0.2) is 133 Å². The maximum Gasteiger partial charge on any atom is 2.00 e. The van der Waals surface area contributed by atoms with Gasteiger partial charge in [0.05, 0.1) is 0 Å². The zero-order chi connectivity index (χ0) is 20.2. The minimum Gasteiger partial charge on any atom is -0.657 e. The van der Waals surface area contributed by atoms with Gasteiger partial charge in [-0.05, 0) is 39.1 Å². The number of nitrogens with zero attached hydrogens (tertiary/aromatic N) is 1. The van der Waals surface area contributed by atoms with E-state index in [4.69, 9.17) is 5.32 Å². The van der Waals surface area contributed by atoms with Crippen molar-refractivity contribution in [1.29, 1.82) is 0 Å². The zero-order valence-corrected chi connectivity index (χ0v) is 18.0. The molecule has 0 unspecified atom stereocenters. The molecular formula is C29H21FeN.